The van der Waals surface area contributed by atoms with Crippen molar-refractivity contribution in [3.63, 3.8) is 0 Å². The number of nitrogens with zero attached hydrogens (tertiary/aromatic N) is 4. The van der Waals surface area contributed by atoms with Crippen molar-refractivity contribution in [2.45, 2.75) is 57.9 Å². The molecule has 1 atom stereocenters. The number of hydrogen-bond donors (Lipinski definition) is 0. The smallest absolute Gasteiger partial charge is 0.409 e. The molecule has 2 aromatic heterocycles. The van der Waals surface area contributed by atoms with E-state index in [1.54, 1.807) is 28.0 Å². The number of ether oxygens (including phenoxy) is 2. The number of carbonyl (C=O) groups excluding carboxylic acids is 1. The van der Waals surface area contributed by atoms with Crippen LogP contribution in [0.2, 0.25) is 0 Å². The lowest BCUT2D eigenvalue weighted by Gasteiger charge is -2.36. The molecule has 30 heavy (non-hydrogen) atoms. The Morgan fingerprint density at radius 2 is 2.00 bits per heavy atom. The van der Waals surface area contributed by atoms with Crippen molar-refractivity contribution in [1.29, 1.82) is 0 Å². The molecular weight excluding hydrogens is 420 g/mol. The molecule has 7 nitrogen and oxygen atoms in total. The quantitative estimate of drug-likeness (QED) is 0.496. The Kier molecular flexibility index (Phi) is 6.41. The van der Waals surface area contributed by atoms with Crippen LogP contribution in [0, 0.1) is 0 Å². The molecular formula is C21H30N4O3S2. The van der Waals surface area contributed by atoms with Gasteiger partial charge in [-0.25, -0.2) is 14.8 Å². The van der Waals surface area contributed by atoms with Crippen LogP contribution in [0.25, 0.3) is 10.2 Å². The van der Waals surface area contributed by atoms with Gasteiger partial charge in [0.05, 0.1) is 24.2 Å². The van der Waals surface area contributed by atoms with Crippen LogP contribution in [0.5, 0.6) is 0 Å². The Balaban J connectivity index is 1.70. The number of fused-ring (bicyclic) bond motifs is 3. The fourth-order valence-electron chi connectivity index (χ4n) is 4.00. The van der Waals surface area contributed by atoms with Gasteiger partial charge < -0.3 is 19.3 Å². The summed E-state index contributed by atoms with van der Waals surface area (Å²) < 4.78 is 11.4. The van der Waals surface area contributed by atoms with E-state index >= 15 is 0 Å². The molecule has 0 aromatic carbocycles. The molecule has 0 aliphatic carbocycles. The second-order valence-electron chi connectivity index (χ2n) is 7.89. The van der Waals surface area contributed by atoms with Gasteiger partial charge in [-0.1, -0.05) is 25.6 Å². The van der Waals surface area contributed by atoms with Crippen LogP contribution in [0.4, 0.5) is 10.6 Å². The average Bonchev–Trinajstić information content (AvgIpc) is 3.11. The predicted molar refractivity (Wildman–Crippen MR) is 122 cm³/mol. The highest BCUT2D eigenvalue weighted by Gasteiger charge is 2.34. The van der Waals surface area contributed by atoms with Crippen molar-refractivity contribution in [3.8, 4) is 0 Å². The molecule has 0 bridgehead atoms. The SMILES string of the molecule is CCOC(=O)N1CCN(c2nc(SCC)nc3sc4c(c23)CC(C)(CC)OC4)CC1. The molecule has 1 saturated heterocycles. The van der Waals surface area contributed by atoms with Gasteiger partial charge in [0, 0.05) is 37.5 Å². The molecule has 1 fully saturated rings. The topological polar surface area (TPSA) is 67.8 Å². The van der Waals surface area contributed by atoms with Gasteiger partial charge in [-0.3, -0.25) is 0 Å². The lowest BCUT2D eigenvalue weighted by molar-refractivity contribution is -0.0543. The summed E-state index contributed by atoms with van der Waals surface area (Å²) in [4.78, 5) is 28.4. The van der Waals surface area contributed by atoms with Crippen LogP contribution in [-0.2, 0) is 22.5 Å². The first-order valence-electron chi connectivity index (χ1n) is 10.7. The normalized spacial score (nSPS) is 21.7. The third-order valence-corrected chi connectivity index (χ3v) is 7.75. The Morgan fingerprint density at radius 3 is 2.67 bits per heavy atom. The average molecular weight is 451 g/mol. The highest BCUT2D eigenvalue weighted by atomic mass is 32.2. The molecule has 4 heterocycles. The van der Waals surface area contributed by atoms with Gasteiger partial charge in [-0.2, -0.15) is 0 Å². The van der Waals surface area contributed by atoms with E-state index in [1.807, 2.05) is 6.92 Å². The van der Waals surface area contributed by atoms with Crippen molar-refractivity contribution >= 4 is 45.2 Å². The zero-order valence-corrected chi connectivity index (χ0v) is 19.8. The maximum atomic E-state index is 12.1. The molecule has 4 rings (SSSR count). The number of thioether (sulfide) groups is 1. The number of aromatic nitrogens is 2. The van der Waals surface area contributed by atoms with E-state index in [0.717, 1.165) is 47.5 Å². The predicted octanol–water partition coefficient (Wildman–Crippen LogP) is 4.32. The number of carbonyl (C=O) groups is 1. The second kappa shape index (κ2) is 8.88. The minimum absolute atomic E-state index is 0.141. The van der Waals surface area contributed by atoms with Crippen LogP contribution in [0.3, 0.4) is 0 Å². The third-order valence-electron chi connectivity index (χ3n) is 5.92. The highest BCUT2D eigenvalue weighted by Crippen LogP contribution is 2.43. The van der Waals surface area contributed by atoms with Crippen LogP contribution >= 0.6 is 23.1 Å². The number of piperazine rings is 1. The molecule has 0 N–H and O–H groups in total. The number of anilines is 1. The Bertz CT molecular complexity index is 927. The first kappa shape index (κ1) is 21.6. The lowest BCUT2D eigenvalue weighted by atomic mass is 9.90. The molecule has 0 spiro atoms. The van der Waals surface area contributed by atoms with E-state index in [-0.39, 0.29) is 11.7 Å². The fraction of sp³-hybridized carbons (Fsp3) is 0.667. The van der Waals surface area contributed by atoms with Gasteiger partial charge in [0.1, 0.15) is 10.6 Å². The summed E-state index contributed by atoms with van der Waals surface area (Å²) in [6.45, 7) is 12.2. The van der Waals surface area contributed by atoms with E-state index in [1.165, 1.54) is 15.8 Å². The Hall–Kier alpha value is -1.58. The van der Waals surface area contributed by atoms with Crippen LogP contribution < -0.4 is 4.90 Å². The zero-order valence-electron chi connectivity index (χ0n) is 18.2. The number of thiophene rings is 1. The molecule has 0 saturated carbocycles. The van der Waals surface area contributed by atoms with Crippen molar-refractivity contribution in [1.82, 2.24) is 14.9 Å². The van der Waals surface area contributed by atoms with E-state index in [2.05, 4.69) is 25.7 Å². The van der Waals surface area contributed by atoms with E-state index in [4.69, 9.17) is 19.4 Å². The standard InChI is InChI=1S/C21H30N4O3S2/c1-5-21(4)12-14-15(13-28-21)30-18-16(14)17(22-19(23-18)29-7-3)24-8-10-25(11-9-24)20(26)27-6-2/h5-13H2,1-4H3. The third kappa shape index (κ3) is 4.11. The van der Waals surface area contributed by atoms with Gasteiger partial charge in [-0.15, -0.1) is 11.3 Å². The summed E-state index contributed by atoms with van der Waals surface area (Å²) in [5.74, 6) is 1.95. The first-order valence-corrected chi connectivity index (χ1v) is 12.5. The largest absolute Gasteiger partial charge is 0.450 e. The zero-order chi connectivity index (χ0) is 21.3. The van der Waals surface area contributed by atoms with E-state index < -0.39 is 0 Å². The second-order valence-corrected chi connectivity index (χ2v) is 10.2. The molecule has 0 radical (unpaired) electrons. The van der Waals surface area contributed by atoms with Crippen molar-refractivity contribution in [2.75, 3.05) is 43.4 Å². The summed E-state index contributed by atoms with van der Waals surface area (Å²) in [5, 5.41) is 2.01. The van der Waals surface area contributed by atoms with Gasteiger partial charge >= 0.3 is 6.09 Å². The van der Waals surface area contributed by atoms with Crippen LogP contribution in [0.15, 0.2) is 5.16 Å². The fourth-order valence-corrected chi connectivity index (χ4v) is 5.72. The number of hydrogen-bond acceptors (Lipinski definition) is 8. The summed E-state index contributed by atoms with van der Waals surface area (Å²) >= 11 is 3.41. The van der Waals surface area contributed by atoms with E-state index in [0.29, 0.717) is 26.3 Å². The molecule has 2 aromatic rings. The van der Waals surface area contributed by atoms with Gasteiger partial charge in [-0.05, 0) is 31.6 Å². The monoisotopic (exact) mass is 450 g/mol. The van der Waals surface area contributed by atoms with Crippen molar-refractivity contribution in [3.05, 3.63) is 10.4 Å². The summed E-state index contributed by atoms with van der Waals surface area (Å²) in [6, 6.07) is 0. The molecule has 2 aliphatic rings. The van der Waals surface area contributed by atoms with Crippen molar-refractivity contribution < 1.29 is 14.3 Å². The number of amides is 1. The molecule has 1 amide bonds. The molecule has 1 unspecified atom stereocenters. The summed E-state index contributed by atoms with van der Waals surface area (Å²) in [7, 11) is 0. The van der Waals surface area contributed by atoms with Crippen LogP contribution in [0.1, 0.15) is 44.6 Å². The Labute approximate surface area is 186 Å². The maximum Gasteiger partial charge on any atom is 0.409 e. The lowest BCUT2D eigenvalue weighted by Crippen LogP contribution is -2.49. The van der Waals surface area contributed by atoms with Gasteiger partial charge in [0.25, 0.3) is 0 Å². The Morgan fingerprint density at radius 1 is 1.23 bits per heavy atom. The summed E-state index contributed by atoms with van der Waals surface area (Å²) in [5.41, 5.74) is 1.21. The molecule has 164 valence electrons. The minimum atomic E-state index is -0.226. The summed E-state index contributed by atoms with van der Waals surface area (Å²) in [6.07, 6.45) is 1.64. The van der Waals surface area contributed by atoms with Gasteiger partial charge in [0.2, 0.25) is 0 Å². The minimum Gasteiger partial charge on any atom is -0.450 e. The molecule has 9 heteroatoms. The van der Waals surface area contributed by atoms with E-state index in [9.17, 15) is 4.79 Å². The number of rotatable bonds is 5. The first-order chi connectivity index (χ1) is 14.5. The molecule has 2 aliphatic heterocycles. The maximum absolute atomic E-state index is 12.1. The van der Waals surface area contributed by atoms with Crippen molar-refractivity contribution in [2.24, 2.45) is 0 Å². The van der Waals surface area contributed by atoms with Crippen LogP contribution in [-0.4, -0.2) is 65.1 Å². The van der Waals surface area contributed by atoms with Gasteiger partial charge in [0.15, 0.2) is 5.16 Å². The highest BCUT2D eigenvalue weighted by molar-refractivity contribution is 7.99.